The second-order valence-corrected chi connectivity index (χ2v) is 7.50. The van der Waals surface area contributed by atoms with Gasteiger partial charge in [0.1, 0.15) is 5.82 Å². The summed E-state index contributed by atoms with van der Waals surface area (Å²) in [4.78, 5) is 26.7. The van der Waals surface area contributed by atoms with Crippen LogP contribution < -0.4 is 0 Å². The van der Waals surface area contributed by atoms with E-state index in [2.05, 4.69) is 0 Å². The number of nitrogens with zero attached hydrogens (tertiary/aromatic N) is 1. The number of hydrogen-bond acceptors (Lipinski definition) is 3. The van der Waals surface area contributed by atoms with Crippen molar-refractivity contribution in [3.05, 3.63) is 70.0 Å². The van der Waals surface area contributed by atoms with Crippen molar-refractivity contribution in [3.63, 3.8) is 0 Å². The Kier molecular flexibility index (Phi) is 4.64. The zero-order valence-corrected chi connectivity index (χ0v) is 15.5. The minimum Gasteiger partial charge on any atom is -0.449 e. The summed E-state index contributed by atoms with van der Waals surface area (Å²) in [5, 5.41) is 0.0739. The number of piperidine rings is 1. The predicted molar refractivity (Wildman–Crippen MR) is 99.1 cm³/mol. The summed E-state index contributed by atoms with van der Waals surface area (Å²) in [7, 11) is 0. The molecule has 0 aliphatic carbocycles. The molecule has 4 rings (SSSR count). The van der Waals surface area contributed by atoms with Crippen LogP contribution in [0.3, 0.4) is 0 Å². The molecule has 1 saturated heterocycles. The highest BCUT2D eigenvalue weighted by Crippen LogP contribution is 2.42. The summed E-state index contributed by atoms with van der Waals surface area (Å²) >= 11 is 5.70. The molecule has 0 saturated carbocycles. The van der Waals surface area contributed by atoms with Crippen molar-refractivity contribution in [2.75, 3.05) is 13.1 Å². The average molecular weight is 388 g/mol. The molecule has 140 valence electrons. The second kappa shape index (κ2) is 6.97. The van der Waals surface area contributed by atoms with E-state index in [1.165, 1.54) is 12.1 Å². The van der Waals surface area contributed by atoms with Gasteiger partial charge in [-0.2, -0.15) is 0 Å². The third-order valence-corrected chi connectivity index (χ3v) is 5.65. The molecule has 0 aromatic heterocycles. The van der Waals surface area contributed by atoms with Crippen molar-refractivity contribution in [1.82, 2.24) is 4.90 Å². The maximum atomic E-state index is 13.6. The Hall–Kier alpha value is -2.40. The van der Waals surface area contributed by atoms with Gasteiger partial charge in [-0.3, -0.25) is 4.79 Å². The number of esters is 1. The number of carbonyl (C=O) groups excluding carboxylic acids is 2. The highest BCUT2D eigenvalue weighted by atomic mass is 35.5. The van der Waals surface area contributed by atoms with Crippen molar-refractivity contribution < 1.29 is 18.7 Å². The number of fused-ring (bicyclic) bond motifs is 2. The van der Waals surface area contributed by atoms with E-state index in [0.717, 1.165) is 17.5 Å². The number of rotatable bonds is 3. The van der Waals surface area contributed by atoms with Gasteiger partial charge in [-0.25, -0.2) is 9.18 Å². The van der Waals surface area contributed by atoms with Crippen LogP contribution in [-0.2, 0) is 21.6 Å². The summed E-state index contributed by atoms with van der Waals surface area (Å²) in [6.45, 7) is 0.999. The molecule has 2 aromatic rings. The van der Waals surface area contributed by atoms with Crippen LogP contribution in [-0.4, -0.2) is 29.9 Å². The van der Waals surface area contributed by atoms with Crippen LogP contribution in [0.4, 0.5) is 4.39 Å². The molecule has 6 heteroatoms. The molecule has 4 nitrogen and oxygen atoms in total. The molecule has 1 amide bonds. The molecule has 0 bridgehead atoms. The normalized spacial score (nSPS) is 21.3. The summed E-state index contributed by atoms with van der Waals surface area (Å²) in [6, 6.07) is 12.0. The zero-order chi connectivity index (χ0) is 19.0. The standard InChI is InChI=1S/C21H19ClFNO3/c22-17-8-6-14(12-18(17)23)7-9-19(25)24-11-3-10-21(13-24)16-5-2-1-4-15(16)20(26)27-21/h1-2,4-6,8,12H,3,7,9-11,13H2/t21-/m1/s1. The minimum atomic E-state index is -0.742. The molecule has 0 unspecified atom stereocenters. The van der Waals surface area contributed by atoms with Crippen LogP contribution in [0.5, 0.6) is 0 Å². The minimum absolute atomic E-state index is 0.0233. The maximum Gasteiger partial charge on any atom is 0.339 e. The van der Waals surface area contributed by atoms with Gasteiger partial charge in [0, 0.05) is 18.5 Å². The molecule has 2 aliphatic heterocycles. The number of aryl methyl sites for hydroxylation is 1. The van der Waals surface area contributed by atoms with Gasteiger partial charge >= 0.3 is 5.97 Å². The lowest BCUT2D eigenvalue weighted by molar-refractivity contribution is -0.138. The van der Waals surface area contributed by atoms with Crippen molar-refractivity contribution in [1.29, 1.82) is 0 Å². The first kappa shape index (κ1) is 18.0. The van der Waals surface area contributed by atoms with Crippen molar-refractivity contribution in [2.24, 2.45) is 0 Å². The third-order valence-electron chi connectivity index (χ3n) is 5.35. The van der Waals surface area contributed by atoms with E-state index >= 15 is 0 Å². The quantitative estimate of drug-likeness (QED) is 0.745. The molecular formula is C21H19ClFNO3. The molecule has 2 aliphatic rings. The summed E-state index contributed by atoms with van der Waals surface area (Å²) in [5.74, 6) is -0.825. The topological polar surface area (TPSA) is 46.6 Å². The van der Waals surface area contributed by atoms with Crippen LogP contribution in [0.1, 0.15) is 40.7 Å². The molecule has 2 heterocycles. The summed E-state index contributed by atoms with van der Waals surface area (Å²) in [6.07, 6.45) is 2.18. The molecule has 1 fully saturated rings. The van der Waals surface area contributed by atoms with E-state index in [1.807, 2.05) is 18.2 Å². The fraction of sp³-hybridized carbons (Fsp3) is 0.333. The predicted octanol–water partition coefficient (Wildman–Crippen LogP) is 4.10. The molecular weight excluding hydrogens is 369 g/mol. The number of carbonyl (C=O) groups is 2. The van der Waals surface area contributed by atoms with Crippen molar-refractivity contribution >= 4 is 23.5 Å². The first-order valence-electron chi connectivity index (χ1n) is 9.03. The van der Waals surface area contributed by atoms with E-state index in [1.54, 1.807) is 17.0 Å². The molecule has 2 aromatic carbocycles. The van der Waals surface area contributed by atoms with E-state index in [9.17, 15) is 14.0 Å². The average Bonchev–Trinajstić information content (AvgIpc) is 2.94. The smallest absolute Gasteiger partial charge is 0.339 e. The van der Waals surface area contributed by atoms with Gasteiger partial charge in [0.05, 0.1) is 17.1 Å². The second-order valence-electron chi connectivity index (χ2n) is 7.10. The molecule has 0 N–H and O–H groups in total. The van der Waals surface area contributed by atoms with Gasteiger partial charge < -0.3 is 9.64 Å². The highest BCUT2D eigenvalue weighted by Gasteiger charge is 2.48. The Morgan fingerprint density at radius 2 is 2.07 bits per heavy atom. The zero-order valence-electron chi connectivity index (χ0n) is 14.7. The largest absolute Gasteiger partial charge is 0.449 e. The fourth-order valence-corrected chi connectivity index (χ4v) is 4.11. The maximum absolute atomic E-state index is 13.6. The number of benzene rings is 2. The van der Waals surface area contributed by atoms with Crippen LogP contribution in [0.25, 0.3) is 0 Å². The van der Waals surface area contributed by atoms with Gasteiger partial charge in [-0.1, -0.05) is 35.9 Å². The number of amides is 1. The SMILES string of the molecule is O=C1O[C@@]2(CCCN(C(=O)CCc3ccc(Cl)c(F)c3)C2)c2ccccc21. The van der Waals surface area contributed by atoms with Crippen molar-refractivity contribution in [2.45, 2.75) is 31.3 Å². The lowest BCUT2D eigenvalue weighted by Gasteiger charge is -2.39. The fourth-order valence-electron chi connectivity index (χ4n) is 3.99. The molecule has 1 spiro atoms. The first-order valence-corrected chi connectivity index (χ1v) is 9.41. The highest BCUT2D eigenvalue weighted by molar-refractivity contribution is 6.30. The Balaban J connectivity index is 1.46. The van der Waals surface area contributed by atoms with Gasteiger partial charge in [0.15, 0.2) is 5.60 Å². The third kappa shape index (κ3) is 3.32. The van der Waals surface area contributed by atoms with Gasteiger partial charge in [0.25, 0.3) is 0 Å². The number of ether oxygens (including phenoxy) is 1. The van der Waals surface area contributed by atoms with E-state index in [4.69, 9.17) is 16.3 Å². The Labute approximate surface area is 161 Å². The molecule has 1 atom stereocenters. The van der Waals surface area contributed by atoms with Gasteiger partial charge in [0.2, 0.25) is 5.91 Å². The van der Waals surface area contributed by atoms with E-state index < -0.39 is 11.4 Å². The number of halogens is 2. The molecule has 27 heavy (non-hydrogen) atoms. The van der Waals surface area contributed by atoms with Crippen molar-refractivity contribution in [3.8, 4) is 0 Å². The summed E-state index contributed by atoms with van der Waals surface area (Å²) in [5.41, 5.74) is 1.44. The van der Waals surface area contributed by atoms with E-state index in [-0.39, 0.29) is 23.3 Å². The number of likely N-dealkylation sites (tertiary alicyclic amines) is 1. The van der Waals surface area contributed by atoms with Crippen LogP contribution >= 0.6 is 11.6 Å². The molecule has 0 radical (unpaired) electrons. The Morgan fingerprint density at radius 1 is 1.26 bits per heavy atom. The van der Waals surface area contributed by atoms with Gasteiger partial charge in [-0.15, -0.1) is 0 Å². The lowest BCUT2D eigenvalue weighted by Crippen LogP contribution is -2.48. The van der Waals surface area contributed by atoms with Crippen LogP contribution in [0.2, 0.25) is 5.02 Å². The number of hydrogen-bond donors (Lipinski definition) is 0. The lowest BCUT2D eigenvalue weighted by atomic mass is 9.85. The summed E-state index contributed by atoms with van der Waals surface area (Å²) < 4.78 is 19.3. The Morgan fingerprint density at radius 3 is 2.89 bits per heavy atom. The first-order chi connectivity index (χ1) is 13.0. The van der Waals surface area contributed by atoms with Crippen LogP contribution in [0, 0.1) is 5.82 Å². The van der Waals surface area contributed by atoms with Gasteiger partial charge in [-0.05, 0) is 43.0 Å². The monoisotopic (exact) mass is 387 g/mol. The Bertz CT molecular complexity index is 916. The van der Waals surface area contributed by atoms with Crippen LogP contribution in [0.15, 0.2) is 42.5 Å². The van der Waals surface area contributed by atoms with E-state index in [0.29, 0.717) is 31.5 Å².